The van der Waals surface area contributed by atoms with Crippen LogP contribution in [0.5, 0.6) is 0 Å². The molecular weight excluding hydrogens is 316 g/mol. The number of hydrogen-bond donors (Lipinski definition) is 1. The van der Waals surface area contributed by atoms with E-state index in [1.807, 2.05) is 0 Å². The van der Waals surface area contributed by atoms with Crippen molar-refractivity contribution in [3.8, 4) is 5.82 Å². The van der Waals surface area contributed by atoms with Crippen LogP contribution < -0.4 is 0 Å². The van der Waals surface area contributed by atoms with Gasteiger partial charge in [0.1, 0.15) is 4.60 Å². The van der Waals surface area contributed by atoms with Crippen LogP contribution in [0.1, 0.15) is 10.5 Å². The number of carbonyl (C=O) groups is 1. The molecule has 0 saturated heterocycles. The van der Waals surface area contributed by atoms with Gasteiger partial charge in [0.25, 0.3) is 0 Å². The first kappa shape index (κ1) is 12.0. The summed E-state index contributed by atoms with van der Waals surface area (Å²) in [7, 11) is 0. The molecule has 88 valence electrons. The molecule has 0 atom stereocenters. The van der Waals surface area contributed by atoms with Gasteiger partial charge in [-0.25, -0.2) is 18.9 Å². The molecule has 1 N–H and O–H groups in total. The predicted octanol–water partition coefficient (Wildman–Crippen LogP) is 2.52. The molecule has 0 aliphatic rings. The quantitative estimate of drug-likeness (QED) is 0.923. The maximum Gasteiger partial charge on any atom is 0.354 e. The molecule has 0 bridgehead atoms. The highest BCUT2D eigenvalue weighted by Crippen LogP contribution is 2.19. The van der Waals surface area contributed by atoms with Crippen LogP contribution in [0, 0.1) is 5.82 Å². The topological polar surface area (TPSA) is 68.0 Å². The molecule has 2 heterocycles. The second-order valence-electron chi connectivity index (χ2n) is 3.03. The van der Waals surface area contributed by atoms with Gasteiger partial charge in [-0.2, -0.15) is 5.10 Å². The van der Waals surface area contributed by atoms with Gasteiger partial charge in [0.05, 0.1) is 5.02 Å². The van der Waals surface area contributed by atoms with E-state index in [0.717, 1.165) is 10.7 Å². The van der Waals surface area contributed by atoms with E-state index in [0.29, 0.717) is 0 Å². The Bertz CT molecular complexity index is 602. The van der Waals surface area contributed by atoms with Crippen LogP contribution in [-0.2, 0) is 0 Å². The molecule has 0 spiro atoms. The monoisotopic (exact) mass is 319 g/mol. The van der Waals surface area contributed by atoms with E-state index < -0.39 is 11.8 Å². The summed E-state index contributed by atoms with van der Waals surface area (Å²) in [4.78, 5) is 14.6. The molecule has 0 amide bonds. The molecule has 0 unspecified atom stereocenters. The number of halogens is 3. The Morgan fingerprint density at radius 1 is 1.53 bits per heavy atom. The molecule has 0 aliphatic carbocycles. The summed E-state index contributed by atoms with van der Waals surface area (Å²) >= 11 is 8.57. The highest BCUT2D eigenvalue weighted by molar-refractivity contribution is 9.10. The van der Waals surface area contributed by atoms with E-state index in [9.17, 15) is 9.18 Å². The van der Waals surface area contributed by atoms with Crippen molar-refractivity contribution in [3.05, 3.63) is 39.5 Å². The minimum atomic E-state index is -1.24. The zero-order chi connectivity index (χ0) is 12.6. The maximum absolute atomic E-state index is 13.6. The maximum atomic E-state index is 13.6. The average molecular weight is 321 g/mol. The fraction of sp³-hybridized carbons (Fsp3) is 0. The van der Waals surface area contributed by atoms with Crippen molar-refractivity contribution >= 4 is 33.5 Å². The summed E-state index contributed by atoms with van der Waals surface area (Å²) in [5.41, 5.74) is -0.203. The fourth-order valence-corrected chi connectivity index (χ4v) is 1.75. The molecule has 2 aromatic rings. The van der Waals surface area contributed by atoms with Crippen LogP contribution in [0.2, 0.25) is 5.02 Å². The molecule has 0 aliphatic heterocycles. The van der Waals surface area contributed by atoms with Crippen molar-refractivity contribution in [3.63, 3.8) is 0 Å². The lowest BCUT2D eigenvalue weighted by atomic mass is 10.4. The molecule has 0 aromatic carbocycles. The predicted molar refractivity (Wildman–Crippen MR) is 61.0 cm³/mol. The zero-order valence-electron chi connectivity index (χ0n) is 8.06. The van der Waals surface area contributed by atoms with Gasteiger partial charge in [0, 0.05) is 12.3 Å². The van der Waals surface area contributed by atoms with Crippen molar-refractivity contribution in [2.45, 2.75) is 0 Å². The summed E-state index contributed by atoms with van der Waals surface area (Å²) in [6.45, 7) is 0. The van der Waals surface area contributed by atoms with Gasteiger partial charge in [-0.3, -0.25) is 0 Å². The SMILES string of the molecule is O=C(O)c1cc(Br)nn1-c1ncc(Cl)cc1F. The number of hydrogen-bond acceptors (Lipinski definition) is 3. The van der Waals surface area contributed by atoms with Crippen molar-refractivity contribution in [1.82, 2.24) is 14.8 Å². The molecule has 17 heavy (non-hydrogen) atoms. The minimum absolute atomic E-state index is 0.120. The van der Waals surface area contributed by atoms with Crippen molar-refractivity contribution in [2.75, 3.05) is 0 Å². The van der Waals surface area contributed by atoms with Crippen molar-refractivity contribution in [2.24, 2.45) is 0 Å². The van der Waals surface area contributed by atoms with Gasteiger partial charge in [0.15, 0.2) is 17.3 Å². The largest absolute Gasteiger partial charge is 0.477 e. The van der Waals surface area contributed by atoms with Crippen molar-refractivity contribution in [1.29, 1.82) is 0 Å². The minimum Gasteiger partial charge on any atom is -0.477 e. The van der Waals surface area contributed by atoms with Crippen LogP contribution in [0.3, 0.4) is 0 Å². The number of carboxylic acids is 1. The van der Waals surface area contributed by atoms with Gasteiger partial charge in [-0.1, -0.05) is 11.6 Å². The first-order valence-electron chi connectivity index (χ1n) is 4.29. The zero-order valence-corrected chi connectivity index (χ0v) is 10.4. The molecule has 8 heteroatoms. The highest BCUT2D eigenvalue weighted by Gasteiger charge is 2.18. The second kappa shape index (κ2) is 4.42. The Morgan fingerprint density at radius 2 is 2.24 bits per heavy atom. The van der Waals surface area contributed by atoms with Crippen LogP contribution in [0.25, 0.3) is 5.82 Å². The molecule has 2 aromatic heterocycles. The summed E-state index contributed by atoms with van der Waals surface area (Å²) in [6.07, 6.45) is 1.21. The lowest BCUT2D eigenvalue weighted by Gasteiger charge is -2.04. The third kappa shape index (κ3) is 2.29. The number of carboxylic acid groups (broad SMARTS) is 1. The van der Waals surface area contributed by atoms with Gasteiger partial charge in [-0.05, 0) is 22.0 Å². The van der Waals surface area contributed by atoms with Gasteiger partial charge in [-0.15, -0.1) is 0 Å². The third-order valence-corrected chi connectivity index (χ3v) is 2.48. The van der Waals surface area contributed by atoms with E-state index in [2.05, 4.69) is 26.0 Å². The summed E-state index contributed by atoms with van der Waals surface area (Å²) in [5, 5.41) is 12.8. The second-order valence-corrected chi connectivity index (χ2v) is 4.28. The molecular formula is C9H4BrClFN3O2. The molecule has 0 radical (unpaired) electrons. The summed E-state index contributed by atoms with van der Waals surface area (Å²) in [5.74, 6) is -2.22. The number of aromatic nitrogens is 3. The standard InChI is InChI=1S/C9H4BrClFN3O2/c10-7-2-6(9(16)17)15(14-7)8-5(12)1-4(11)3-13-8/h1-3H,(H,16,17). The Balaban J connectivity index is 2.63. The Kier molecular flexibility index (Phi) is 3.12. The van der Waals surface area contributed by atoms with E-state index in [1.165, 1.54) is 12.3 Å². The average Bonchev–Trinajstić information content (AvgIpc) is 2.60. The van der Waals surface area contributed by atoms with Crippen LogP contribution in [-0.4, -0.2) is 25.8 Å². The first-order valence-corrected chi connectivity index (χ1v) is 5.46. The van der Waals surface area contributed by atoms with E-state index in [-0.39, 0.29) is 21.1 Å². The number of pyridine rings is 1. The molecule has 2 rings (SSSR count). The Labute approximate surface area is 108 Å². The van der Waals surface area contributed by atoms with Crippen LogP contribution in [0.15, 0.2) is 22.9 Å². The van der Waals surface area contributed by atoms with Gasteiger partial charge >= 0.3 is 5.97 Å². The lowest BCUT2D eigenvalue weighted by molar-refractivity contribution is 0.0686. The Hall–Kier alpha value is -1.47. The molecule has 0 saturated carbocycles. The summed E-state index contributed by atoms with van der Waals surface area (Å²) < 4.78 is 14.7. The normalized spacial score (nSPS) is 10.5. The van der Waals surface area contributed by atoms with E-state index >= 15 is 0 Å². The van der Waals surface area contributed by atoms with Crippen molar-refractivity contribution < 1.29 is 14.3 Å². The summed E-state index contributed by atoms with van der Waals surface area (Å²) in [6, 6.07) is 2.28. The third-order valence-electron chi connectivity index (χ3n) is 1.89. The highest BCUT2D eigenvalue weighted by atomic mass is 79.9. The number of aromatic carboxylic acids is 1. The Morgan fingerprint density at radius 3 is 2.82 bits per heavy atom. The van der Waals surface area contributed by atoms with Gasteiger partial charge < -0.3 is 5.11 Å². The van der Waals surface area contributed by atoms with E-state index in [1.54, 1.807) is 0 Å². The lowest BCUT2D eigenvalue weighted by Crippen LogP contribution is -2.11. The fourth-order valence-electron chi connectivity index (χ4n) is 1.23. The first-order chi connectivity index (χ1) is 7.99. The van der Waals surface area contributed by atoms with Gasteiger partial charge in [0.2, 0.25) is 0 Å². The van der Waals surface area contributed by atoms with E-state index in [4.69, 9.17) is 16.7 Å². The van der Waals surface area contributed by atoms with Crippen LogP contribution in [0.4, 0.5) is 4.39 Å². The van der Waals surface area contributed by atoms with Crippen LogP contribution >= 0.6 is 27.5 Å². The smallest absolute Gasteiger partial charge is 0.354 e. The number of nitrogens with zero attached hydrogens (tertiary/aromatic N) is 3. The molecule has 5 nitrogen and oxygen atoms in total. The number of rotatable bonds is 2. The molecule has 0 fully saturated rings.